The Labute approximate surface area is 108 Å². The van der Waals surface area contributed by atoms with Crippen LogP contribution in [-0.4, -0.2) is 10.4 Å². The average Bonchev–Trinajstić information content (AvgIpc) is 2.39. The topological polar surface area (TPSA) is 12.9 Å². The number of hydrogen-bond donors (Lipinski definition) is 0. The Balaban J connectivity index is 2.08. The third-order valence-corrected chi connectivity index (χ3v) is 3.67. The predicted molar refractivity (Wildman–Crippen MR) is 74.6 cm³/mol. The minimum absolute atomic E-state index is 0.322. The van der Waals surface area contributed by atoms with E-state index < -0.39 is 0 Å². The minimum atomic E-state index is 0.322. The number of alkyl halides is 1. The Morgan fingerprint density at radius 2 is 2.06 bits per heavy atom. The van der Waals surface area contributed by atoms with Gasteiger partial charge in [0.05, 0.1) is 5.52 Å². The fourth-order valence-corrected chi connectivity index (χ4v) is 2.25. The van der Waals surface area contributed by atoms with Gasteiger partial charge in [-0.05, 0) is 43.4 Å². The van der Waals surface area contributed by atoms with E-state index >= 15 is 0 Å². The van der Waals surface area contributed by atoms with Crippen molar-refractivity contribution in [2.75, 3.05) is 0 Å². The molecule has 0 saturated carbocycles. The molecule has 0 N–H and O–H groups in total. The highest BCUT2D eigenvalue weighted by Gasteiger charge is 2.04. The largest absolute Gasteiger partial charge is 0.256 e. The van der Waals surface area contributed by atoms with E-state index in [1.165, 1.54) is 10.9 Å². The van der Waals surface area contributed by atoms with Gasteiger partial charge in [-0.25, -0.2) is 0 Å². The molecule has 0 amide bonds. The summed E-state index contributed by atoms with van der Waals surface area (Å²) in [6.45, 7) is 2.14. The molecule has 0 radical (unpaired) electrons. The summed E-state index contributed by atoms with van der Waals surface area (Å²) in [5, 5.41) is 1.60. The van der Waals surface area contributed by atoms with Crippen molar-refractivity contribution in [2.45, 2.75) is 38.0 Å². The number of aryl methyl sites for hydroxylation is 1. The van der Waals surface area contributed by atoms with Crippen molar-refractivity contribution in [3.05, 3.63) is 42.1 Å². The maximum Gasteiger partial charge on any atom is 0.0704 e. The van der Waals surface area contributed by atoms with Crippen LogP contribution < -0.4 is 0 Å². The quantitative estimate of drug-likeness (QED) is 0.705. The smallest absolute Gasteiger partial charge is 0.0704 e. The van der Waals surface area contributed by atoms with E-state index in [0.29, 0.717) is 5.38 Å². The summed E-state index contributed by atoms with van der Waals surface area (Å²) in [7, 11) is 0. The van der Waals surface area contributed by atoms with Gasteiger partial charge in [0.1, 0.15) is 0 Å². The third-order valence-electron chi connectivity index (χ3n) is 3.15. The second-order valence-electron chi connectivity index (χ2n) is 4.38. The highest BCUT2D eigenvalue weighted by atomic mass is 35.5. The molecular formula is C15H18ClN. The zero-order chi connectivity index (χ0) is 12.1. The number of fused-ring (bicyclic) bond motifs is 1. The molecule has 2 aromatic rings. The molecule has 1 heterocycles. The Morgan fingerprint density at radius 1 is 1.24 bits per heavy atom. The van der Waals surface area contributed by atoms with E-state index in [9.17, 15) is 0 Å². The van der Waals surface area contributed by atoms with Crippen LogP contribution in [0.15, 0.2) is 36.5 Å². The Kier molecular flexibility index (Phi) is 4.38. The number of rotatable bonds is 5. The summed E-state index contributed by atoms with van der Waals surface area (Å²) in [6, 6.07) is 10.4. The second-order valence-corrected chi connectivity index (χ2v) is 5.00. The summed E-state index contributed by atoms with van der Waals surface area (Å²) >= 11 is 6.14. The molecule has 0 aliphatic rings. The van der Waals surface area contributed by atoms with Crippen molar-refractivity contribution in [3.8, 4) is 0 Å². The van der Waals surface area contributed by atoms with E-state index in [0.717, 1.165) is 31.2 Å². The van der Waals surface area contributed by atoms with Gasteiger partial charge in [-0.15, -0.1) is 11.6 Å². The standard InChI is InChI=1S/C15H18ClN/c1-2-13(16)7-5-6-12-10-11-17-15-9-4-3-8-14(12)15/h3-4,8-11,13H,2,5-7H2,1H3. The monoisotopic (exact) mass is 247 g/mol. The number of benzene rings is 1. The van der Waals surface area contributed by atoms with Crippen molar-refractivity contribution < 1.29 is 0 Å². The van der Waals surface area contributed by atoms with E-state index in [1.807, 2.05) is 12.3 Å². The molecule has 0 saturated heterocycles. The van der Waals surface area contributed by atoms with Gasteiger partial charge >= 0.3 is 0 Å². The summed E-state index contributed by atoms with van der Waals surface area (Å²) in [5.41, 5.74) is 2.47. The molecule has 2 rings (SSSR count). The Hall–Kier alpha value is -1.08. The number of halogens is 1. The van der Waals surface area contributed by atoms with Gasteiger partial charge in [0.15, 0.2) is 0 Å². The Bertz CT molecular complexity index is 476. The number of para-hydroxylation sites is 1. The summed E-state index contributed by atoms with van der Waals surface area (Å²) < 4.78 is 0. The van der Waals surface area contributed by atoms with Crippen LogP contribution >= 0.6 is 11.6 Å². The summed E-state index contributed by atoms with van der Waals surface area (Å²) in [4.78, 5) is 4.38. The van der Waals surface area contributed by atoms with E-state index in [4.69, 9.17) is 11.6 Å². The highest BCUT2D eigenvalue weighted by molar-refractivity contribution is 6.20. The highest BCUT2D eigenvalue weighted by Crippen LogP contribution is 2.19. The van der Waals surface area contributed by atoms with Gasteiger partial charge in [-0.1, -0.05) is 25.1 Å². The molecule has 1 nitrogen and oxygen atoms in total. The van der Waals surface area contributed by atoms with Gasteiger partial charge in [-0.3, -0.25) is 4.98 Å². The molecule has 1 aromatic carbocycles. The zero-order valence-electron chi connectivity index (χ0n) is 10.2. The number of nitrogens with zero attached hydrogens (tertiary/aromatic N) is 1. The molecule has 0 bridgehead atoms. The first kappa shape index (κ1) is 12.4. The van der Waals surface area contributed by atoms with Gasteiger partial charge in [-0.2, -0.15) is 0 Å². The number of aromatic nitrogens is 1. The average molecular weight is 248 g/mol. The van der Waals surface area contributed by atoms with Crippen molar-refractivity contribution in [2.24, 2.45) is 0 Å². The first-order valence-electron chi connectivity index (χ1n) is 6.28. The van der Waals surface area contributed by atoms with Gasteiger partial charge < -0.3 is 0 Å². The normalized spacial score (nSPS) is 12.8. The van der Waals surface area contributed by atoms with Crippen LogP contribution in [0, 0.1) is 0 Å². The lowest BCUT2D eigenvalue weighted by Crippen LogP contribution is -1.97. The van der Waals surface area contributed by atoms with Gasteiger partial charge in [0.25, 0.3) is 0 Å². The molecule has 0 aliphatic heterocycles. The van der Waals surface area contributed by atoms with Crippen LogP contribution in [0.1, 0.15) is 31.7 Å². The van der Waals surface area contributed by atoms with Crippen LogP contribution in [-0.2, 0) is 6.42 Å². The minimum Gasteiger partial charge on any atom is -0.256 e. The van der Waals surface area contributed by atoms with Crippen molar-refractivity contribution >= 4 is 22.5 Å². The van der Waals surface area contributed by atoms with Crippen molar-refractivity contribution in [1.29, 1.82) is 0 Å². The maximum atomic E-state index is 6.14. The predicted octanol–water partition coefficient (Wildman–Crippen LogP) is 4.57. The Morgan fingerprint density at radius 3 is 2.88 bits per heavy atom. The van der Waals surface area contributed by atoms with Gasteiger partial charge in [0, 0.05) is 17.0 Å². The van der Waals surface area contributed by atoms with Crippen molar-refractivity contribution in [3.63, 3.8) is 0 Å². The second kappa shape index (κ2) is 6.02. The van der Waals surface area contributed by atoms with Crippen LogP contribution in [0.4, 0.5) is 0 Å². The molecule has 2 heteroatoms. The van der Waals surface area contributed by atoms with Crippen LogP contribution in [0.3, 0.4) is 0 Å². The number of hydrogen-bond acceptors (Lipinski definition) is 1. The van der Waals surface area contributed by atoms with E-state index in [1.54, 1.807) is 0 Å². The van der Waals surface area contributed by atoms with Crippen LogP contribution in [0.25, 0.3) is 10.9 Å². The first-order chi connectivity index (χ1) is 8.31. The molecule has 0 aliphatic carbocycles. The molecule has 90 valence electrons. The van der Waals surface area contributed by atoms with Crippen LogP contribution in [0.5, 0.6) is 0 Å². The molecule has 1 unspecified atom stereocenters. The van der Waals surface area contributed by atoms with E-state index in [-0.39, 0.29) is 0 Å². The molecule has 1 aromatic heterocycles. The fourth-order valence-electron chi connectivity index (χ4n) is 2.09. The molecule has 0 spiro atoms. The van der Waals surface area contributed by atoms with E-state index in [2.05, 4.69) is 36.2 Å². The summed E-state index contributed by atoms with van der Waals surface area (Å²) in [6.07, 6.45) is 6.28. The maximum absolute atomic E-state index is 6.14. The van der Waals surface area contributed by atoms with Crippen molar-refractivity contribution in [1.82, 2.24) is 4.98 Å². The molecular weight excluding hydrogens is 230 g/mol. The zero-order valence-corrected chi connectivity index (χ0v) is 11.0. The lowest BCUT2D eigenvalue weighted by Gasteiger charge is -2.08. The van der Waals surface area contributed by atoms with Gasteiger partial charge in [0.2, 0.25) is 0 Å². The van der Waals surface area contributed by atoms with Crippen LogP contribution in [0.2, 0.25) is 0 Å². The third kappa shape index (κ3) is 3.19. The molecule has 1 atom stereocenters. The lowest BCUT2D eigenvalue weighted by atomic mass is 10.0. The molecule has 17 heavy (non-hydrogen) atoms. The lowest BCUT2D eigenvalue weighted by molar-refractivity contribution is 0.676. The summed E-state index contributed by atoms with van der Waals surface area (Å²) in [5.74, 6) is 0. The SMILES string of the molecule is CCC(Cl)CCCc1ccnc2ccccc12. The molecule has 0 fully saturated rings. The fraction of sp³-hybridized carbons (Fsp3) is 0.400. The first-order valence-corrected chi connectivity index (χ1v) is 6.71. The number of pyridine rings is 1.